The van der Waals surface area contributed by atoms with E-state index in [1.165, 1.54) is 32.1 Å². The van der Waals surface area contributed by atoms with E-state index in [-0.39, 0.29) is 18.4 Å². The Morgan fingerprint density at radius 3 is 2.55 bits per heavy atom. The van der Waals surface area contributed by atoms with Crippen molar-refractivity contribution in [2.24, 2.45) is 0 Å². The molecule has 0 heterocycles. The number of benzene rings is 1. The monoisotopic (exact) mass is 297 g/mol. The van der Waals surface area contributed by atoms with Crippen molar-refractivity contribution in [2.75, 3.05) is 13.2 Å². The minimum atomic E-state index is -0.224. The standard InChI is InChI=1S/C16H23NO2.ClH/c18-16(14-8-3-1-4-9-14)19-13-7-12-17-15-10-5-2-6-11-15;/h1,3-4,8-9,15,17H,2,5-7,10-13H2;1H. The summed E-state index contributed by atoms with van der Waals surface area (Å²) in [6, 6.07) is 9.83. The van der Waals surface area contributed by atoms with Crippen molar-refractivity contribution < 1.29 is 9.53 Å². The van der Waals surface area contributed by atoms with Crippen molar-refractivity contribution in [3.05, 3.63) is 35.9 Å². The molecule has 0 spiro atoms. The van der Waals surface area contributed by atoms with Gasteiger partial charge in [-0.15, -0.1) is 12.4 Å². The third kappa shape index (κ3) is 5.93. The smallest absolute Gasteiger partial charge is 0.338 e. The van der Waals surface area contributed by atoms with Gasteiger partial charge in [-0.25, -0.2) is 4.79 Å². The zero-order valence-electron chi connectivity index (χ0n) is 11.8. The Hall–Kier alpha value is -1.06. The first-order chi connectivity index (χ1) is 9.36. The minimum Gasteiger partial charge on any atom is -0.462 e. The van der Waals surface area contributed by atoms with Crippen LogP contribution in [0.1, 0.15) is 48.9 Å². The van der Waals surface area contributed by atoms with Crippen LogP contribution in [-0.2, 0) is 4.74 Å². The Balaban J connectivity index is 0.00000200. The molecule has 0 unspecified atom stereocenters. The zero-order chi connectivity index (χ0) is 13.3. The van der Waals surface area contributed by atoms with Crippen LogP contribution in [-0.4, -0.2) is 25.2 Å². The second-order valence-electron chi connectivity index (χ2n) is 5.14. The van der Waals surface area contributed by atoms with E-state index in [4.69, 9.17) is 4.74 Å². The van der Waals surface area contributed by atoms with E-state index >= 15 is 0 Å². The Morgan fingerprint density at radius 2 is 1.85 bits per heavy atom. The van der Waals surface area contributed by atoms with Crippen molar-refractivity contribution in [2.45, 2.75) is 44.6 Å². The molecule has 1 aromatic carbocycles. The number of rotatable bonds is 6. The highest BCUT2D eigenvalue weighted by Gasteiger charge is 2.12. The summed E-state index contributed by atoms with van der Waals surface area (Å²) in [4.78, 5) is 11.7. The SMILES string of the molecule is Cl.O=C(OCCCNC1CCCCC1)c1ccccc1. The predicted molar refractivity (Wildman–Crippen MR) is 83.5 cm³/mol. The molecule has 2 rings (SSSR count). The Kier molecular flexibility index (Phi) is 8.31. The van der Waals surface area contributed by atoms with Crippen molar-refractivity contribution in [3.8, 4) is 0 Å². The van der Waals surface area contributed by atoms with E-state index in [2.05, 4.69) is 5.32 Å². The summed E-state index contributed by atoms with van der Waals surface area (Å²) in [5, 5.41) is 3.54. The lowest BCUT2D eigenvalue weighted by Gasteiger charge is -2.22. The van der Waals surface area contributed by atoms with Crippen LogP contribution < -0.4 is 5.32 Å². The van der Waals surface area contributed by atoms with Gasteiger partial charge >= 0.3 is 5.97 Å². The molecule has 4 heteroatoms. The lowest BCUT2D eigenvalue weighted by molar-refractivity contribution is 0.0499. The fourth-order valence-electron chi connectivity index (χ4n) is 2.51. The molecule has 3 nitrogen and oxygen atoms in total. The summed E-state index contributed by atoms with van der Waals surface area (Å²) in [7, 11) is 0. The molecule has 0 amide bonds. The Morgan fingerprint density at radius 1 is 1.15 bits per heavy atom. The van der Waals surface area contributed by atoms with Gasteiger partial charge in [0.05, 0.1) is 12.2 Å². The molecule has 1 N–H and O–H groups in total. The van der Waals surface area contributed by atoms with Gasteiger partial charge in [-0.1, -0.05) is 37.5 Å². The summed E-state index contributed by atoms with van der Waals surface area (Å²) in [6.45, 7) is 1.43. The minimum absolute atomic E-state index is 0. The number of hydrogen-bond acceptors (Lipinski definition) is 3. The molecule has 0 atom stereocenters. The molecular formula is C16H24ClNO2. The molecule has 0 aliphatic heterocycles. The Bertz CT molecular complexity index is 377. The number of esters is 1. The van der Waals surface area contributed by atoms with E-state index in [0.29, 0.717) is 18.2 Å². The number of carbonyl (C=O) groups excluding carboxylic acids is 1. The van der Waals surface area contributed by atoms with E-state index in [0.717, 1.165) is 13.0 Å². The van der Waals surface area contributed by atoms with Gasteiger partial charge in [0.15, 0.2) is 0 Å². The molecule has 20 heavy (non-hydrogen) atoms. The van der Waals surface area contributed by atoms with Crippen LogP contribution in [0.5, 0.6) is 0 Å². The normalized spacial score (nSPS) is 15.4. The van der Waals surface area contributed by atoms with Crippen LogP contribution >= 0.6 is 12.4 Å². The highest BCUT2D eigenvalue weighted by molar-refractivity contribution is 5.89. The van der Waals surface area contributed by atoms with Gasteiger partial charge in [0.25, 0.3) is 0 Å². The van der Waals surface area contributed by atoms with Crippen molar-refractivity contribution in [1.29, 1.82) is 0 Å². The van der Waals surface area contributed by atoms with Gasteiger partial charge in [0, 0.05) is 6.04 Å². The van der Waals surface area contributed by atoms with Gasteiger partial charge in [0.2, 0.25) is 0 Å². The van der Waals surface area contributed by atoms with Crippen molar-refractivity contribution >= 4 is 18.4 Å². The van der Waals surface area contributed by atoms with E-state index in [1.807, 2.05) is 18.2 Å². The summed E-state index contributed by atoms with van der Waals surface area (Å²) < 4.78 is 5.24. The summed E-state index contributed by atoms with van der Waals surface area (Å²) >= 11 is 0. The molecular weight excluding hydrogens is 274 g/mol. The average molecular weight is 298 g/mol. The highest BCUT2D eigenvalue weighted by Crippen LogP contribution is 2.17. The maximum absolute atomic E-state index is 11.7. The fraction of sp³-hybridized carbons (Fsp3) is 0.562. The lowest BCUT2D eigenvalue weighted by Crippen LogP contribution is -2.32. The van der Waals surface area contributed by atoms with Gasteiger partial charge in [-0.2, -0.15) is 0 Å². The van der Waals surface area contributed by atoms with Crippen LogP contribution in [0.3, 0.4) is 0 Å². The Labute approximate surface area is 127 Å². The van der Waals surface area contributed by atoms with E-state index in [9.17, 15) is 4.79 Å². The number of nitrogens with one attached hydrogen (secondary N) is 1. The third-order valence-electron chi connectivity index (χ3n) is 3.60. The molecule has 0 bridgehead atoms. The number of halogens is 1. The number of carbonyl (C=O) groups is 1. The summed E-state index contributed by atoms with van der Waals surface area (Å²) in [6.07, 6.45) is 7.55. The first-order valence-corrected chi connectivity index (χ1v) is 7.32. The van der Waals surface area contributed by atoms with Crippen LogP contribution in [0, 0.1) is 0 Å². The first-order valence-electron chi connectivity index (χ1n) is 7.32. The van der Waals surface area contributed by atoms with E-state index < -0.39 is 0 Å². The number of ether oxygens (including phenoxy) is 1. The third-order valence-corrected chi connectivity index (χ3v) is 3.60. The lowest BCUT2D eigenvalue weighted by atomic mass is 9.95. The molecule has 1 fully saturated rings. The topological polar surface area (TPSA) is 38.3 Å². The molecule has 1 aliphatic rings. The second-order valence-corrected chi connectivity index (χ2v) is 5.14. The van der Waals surface area contributed by atoms with Gasteiger partial charge in [-0.05, 0) is 37.9 Å². The van der Waals surface area contributed by atoms with Crippen molar-refractivity contribution in [3.63, 3.8) is 0 Å². The average Bonchev–Trinajstić information content (AvgIpc) is 2.49. The van der Waals surface area contributed by atoms with Gasteiger partial charge in [-0.3, -0.25) is 0 Å². The fourth-order valence-corrected chi connectivity index (χ4v) is 2.51. The van der Waals surface area contributed by atoms with Gasteiger partial charge in [0.1, 0.15) is 0 Å². The molecule has 1 aromatic rings. The molecule has 1 saturated carbocycles. The molecule has 0 saturated heterocycles. The van der Waals surface area contributed by atoms with Crippen LogP contribution in [0.15, 0.2) is 30.3 Å². The molecule has 1 aliphatic carbocycles. The maximum atomic E-state index is 11.7. The molecule has 0 radical (unpaired) electrons. The highest BCUT2D eigenvalue weighted by atomic mass is 35.5. The largest absolute Gasteiger partial charge is 0.462 e. The molecule has 0 aromatic heterocycles. The first kappa shape index (κ1) is 17.0. The van der Waals surface area contributed by atoms with Crippen molar-refractivity contribution in [1.82, 2.24) is 5.32 Å². The van der Waals surface area contributed by atoms with Gasteiger partial charge < -0.3 is 10.1 Å². The predicted octanol–water partition coefficient (Wildman–Crippen LogP) is 3.58. The van der Waals surface area contributed by atoms with Crippen LogP contribution in [0.2, 0.25) is 0 Å². The van der Waals surface area contributed by atoms with E-state index in [1.54, 1.807) is 12.1 Å². The second kappa shape index (κ2) is 9.78. The molecule has 112 valence electrons. The summed E-state index contributed by atoms with van der Waals surface area (Å²) in [5.74, 6) is -0.224. The summed E-state index contributed by atoms with van der Waals surface area (Å²) in [5.41, 5.74) is 0.628. The van der Waals surface area contributed by atoms with Crippen LogP contribution in [0.25, 0.3) is 0 Å². The number of hydrogen-bond donors (Lipinski definition) is 1. The maximum Gasteiger partial charge on any atom is 0.338 e. The quantitative estimate of drug-likeness (QED) is 0.644. The van der Waals surface area contributed by atoms with Crippen LogP contribution in [0.4, 0.5) is 0 Å². The zero-order valence-corrected chi connectivity index (χ0v) is 12.7.